The standard InChI is InChI=1S/C24H30N2/c1-22(2,3)24(20-15-11-8-12-16-20)18-25-21(17-26(24)23(4,5)6)19-13-9-7-10-14-19/h7-18H,1-6H3. The average molecular weight is 347 g/mol. The summed E-state index contributed by atoms with van der Waals surface area (Å²) < 4.78 is 0. The van der Waals surface area contributed by atoms with Crippen LogP contribution in [0.2, 0.25) is 0 Å². The fraction of sp³-hybridized carbons (Fsp3) is 0.375. The van der Waals surface area contributed by atoms with Gasteiger partial charge in [0.25, 0.3) is 0 Å². The molecule has 1 aliphatic heterocycles. The molecule has 0 bridgehead atoms. The highest BCUT2D eigenvalue weighted by Crippen LogP contribution is 2.49. The molecule has 1 unspecified atom stereocenters. The molecule has 1 heterocycles. The minimum Gasteiger partial charge on any atom is -0.355 e. The molecule has 0 fully saturated rings. The molecule has 2 nitrogen and oxygen atoms in total. The Morgan fingerprint density at radius 2 is 1.31 bits per heavy atom. The zero-order valence-corrected chi connectivity index (χ0v) is 16.8. The van der Waals surface area contributed by atoms with Crippen LogP contribution in [0.5, 0.6) is 0 Å². The van der Waals surface area contributed by atoms with E-state index in [4.69, 9.17) is 4.99 Å². The van der Waals surface area contributed by atoms with Crippen molar-refractivity contribution in [2.75, 3.05) is 0 Å². The summed E-state index contributed by atoms with van der Waals surface area (Å²) >= 11 is 0. The lowest BCUT2D eigenvalue weighted by molar-refractivity contribution is 0.0237. The first-order chi connectivity index (χ1) is 12.2. The van der Waals surface area contributed by atoms with Crippen LogP contribution in [-0.4, -0.2) is 16.7 Å². The third-order valence-electron chi connectivity index (χ3n) is 5.17. The van der Waals surface area contributed by atoms with Crippen LogP contribution in [0.15, 0.2) is 71.9 Å². The zero-order valence-electron chi connectivity index (χ0n) is 16.8. The molecule has 2 aromatic rings. The van der Waals surface area contributed by atoms with Crippen LogP contribution in [0.4, 0.5) is 0 Å². The van der Waals surface area contributed by atoms with Gasteiger partial charge in [-0.15, -0.1) is 0 Å². The van der Waals surface area contributed by atoms with Gasteiger partial charge in [-0.1, -0.05) is 81.4 Å². The van der Waals surface area contributed by atoms with Gasteiger partial charge in [-0.2, -0.15) is 0 Å². The van der Waals surface area contributed by atoms with Crippen LogP contribution in [-0.2, 0) is 5.54 Å². The summed E-state index contributed by atoms with van der Waals surface area (Å²) in [6.45, 7) is 13.7. The van der Waals surface area contributed by atoms with Crippen molar-refractivity contribution in [1.29, 1.82) is 0 Å². The van der Waals surface area contributed by atoms with Crippen molar-refractivity contribution in [3.63, 3.8) is 0 Å². The molecule has 136 valence electrons. The number of hydrogen-bond acceptors (Lipinski definition) is 2. The molecule has 0 aromatic heterocycles. The van der Waals surface area contributed by atoms with E-state index in [1.807, 2.05) is 6.07 Å². The Labute approximate surface area is 158 Å². The van der Waals surface area contributed by atoms with E-state index in [0.717, 1.165) is 11.3 Å². The summed E-state index contributed by atoms with van der Waals surface area (Å²) in [5, 5.41) is 0. The van der Waals surface area contributed by atoms with Crippen LogP contribution in [0.1, 0.15) is 52.7 Å². The minimum atomic E-state index is -0.315. The van der Waals surface area contributed by atoms with E-state index in [2.05, 4.69) is 113 Å². The van der Waals surface area contributed by atoms with Crippen molar-refractivity contribution in [2.24, 2.45) is 10.4 Å². The molecule has 0 radical (unpaired) electrons. The molecule has 2 aromatic carbocycles. The van der Waals surface area contributed by atoms with E-state index in [1.54, 1.807) is 0 Å². The quantitative estimate of drug-likeness (QED) is 0.640. The van der Waals surface area contributed by atoms with E-state index >= 15 is 0 Å². The molecule has 26 heavy (non-hydrogen) atoms. The Hall–Kier alpha value is -2.35. The van der Waals surface area contributed by atoms with Gasteiger partial charge in [0.05, 0.1) is 5.70 Å². The summed E-state index contributed by atoms with van der Waals surface area (Å²) in [4.78, 5) is 7.45. The predicted molar refractivity (Wildman–Crippen MR) is 112 cm³/mol. The summed E-state index contributed by atoms with van der Waals surface area (Å²) in [7, 11) is 0. The first-order valence-electron chi connectivity index (χ1n) is 9.34. The maximum absolute atomic E-state index is 4.95. The lowest BCUT2D eigenvalue weighted by Gasteiger charge is -2.56. The lowest BCUT2D eigenvalue weighted by atomic mass is 9.67. The van der Waals surface area contributed by atoms with Crippen molar-refractivity contribution in [3.05, 3.63) is 78.0 Å². The van der Waals surface area contributed by atoms with Gasteiger partial charge in [0.1, 0.15) is 5.54 Å². The SMILES string of the molecule is CC(C)(C)N1C=C(c2ccccc2)N=CC1(c1ccccc1)C(C)(C)C. The van der Waals surface area contributed by atoms with E-state index in [1.165, 1.54) is 5.56 Å². The van der Waals surface area contributed by atoms with Crippen molar-refractivity contribution in [2.45, 2.75) is 52.6 Å². The van der Waals surface area contributed by atoms with Gasteiger partial charge in [0.15, 0.2) is 0 Å². The first kappa shape index (κ1) is 18.4. The van der Waals surface area contributed by atoms with Crippen LogP contribution in [0.25, 0.3) is 5.70 Å². The third-order valence-corrected chi connectivity index (χ3v) is 5.17. The van der Waals surface area contributed by atoms with Crippen molar-refractivity contribution in [3.8, 4) is 0 Å². The molecular formula is C24H30N2. The lowest BCUT2D eigenvalue weighted by Crippen LogP contribution is -2.60. The van der Waals surface area contributed by atoms with Gasteiger partial charge in [0.2, 0.25) is 0 Å². The number of nitrogens with zero attached hydrogens (tertiary/aromatic N) is 2. The van der Waals surface area contributed by atoms with Crippen LogP contribution in [0, 0.1) is 5.41 Å². The Balaban J connectivity index is 2.23. The fourth-order valence-electron chi connectivity index (χ4n) is 3.86. The monoisotopic (exact) mass is 346 g/mol. The second-order valence-corrected chi connectivity index (χ2v) is 9.06. The molecule has 0 aliphatic carbocycles. The number of aliphatic imine (C=N–C) groups is 1. The largest absolute Gasteiger partial charge is 0.355 e. The second kappa shape index (κ2) is 6.42. The van der Waals surface area contributed by atoms with E-state index in [9.17, 15) is 0 Å². The van der Waals surface area contributed by atoms with Gasteiger partial charge in [0, 0.05) is 23.5 Å². The Kier molecular flexibility index (Phi) is 4.56. The summed E-state index contributed by atoms with van der Waals surface area (Å²) in [6.07, 6.45) is 4.41. The molecule has 0 N–H and O–H groups in total. The Morgan fingerprint density at radius 1 is 0.769 bits per heavy atom. The Bertz CT molecular complexity index is 805. The molecule has 2 heteroatoms. The van der Waals surface area contributed by atoms with E-state index in [0.29, 0.717) is 0 Å². The van der Waals surface area contributed by atoms with E-state index < -0.39 is 0 Å². The van der Waals surface area contributed by atoms with Crippen molar-refractivity contribution in [1.82, 2.24) is 4.90 Å². The number of benzene rings is 2. The molecular weight excluding hydrogens is 316 g/mol. The summed E-state index contributed by atoms with van der Waals surface area (Å²) in [6, 6.07) is 21.2. The fourth-order valence-corrected chi connectivity index (χ4v) is 3.86. The highest BCUT2D eigenvalue weighted by atomic mass is 15.3. The summed E-state index contributed by atoms with van der Waals surface area (Å²) in [5.74, 6) is 0. The minimum absolute atomic E-state index is 0.0378. The maximum atomic E-state index is 4.95. The second-order valence-electron chi connectivity index (χ2n) is 9.06. The molecule has 3 rings (SSSR count). The van der Waals surface area contributed by atoms with Gasteiger partial charge in [-0.25, -0.2) is 0 Å². The van der Waals surface area contributed by atoms with Gasteiger partial charge in [-0.3, -0.25) is 4.99 Å². The van der Waals surface area contributed by atoms with Gasteiger partial charge >= 0.3 is 0 Å². The molecule has 0 spiro atoms. The smallest absolute Gasteiger partial charge is 0.106 e. The molecule has 0 saturated carbocycles. The van der Waals surface area contributed by atoms with Crippen LogP contribution >= 0.6 is 0 Å². The molecule has 0 amide bonds. The maximum Gasteiger partial charge on any atom is 0.106 e. The Morgan fingerprint density at radius 3 is 1.81 bits per heavy atom. The van der Waals surface area contributed by atoms with Crippen molar-refractivity contribution >= 4 is 11.9 Å². The van der Waals surface area contributed by atoms with Crippen LogP contribution < -0.4 is 0 Å². The predicted octanol–water partition coefficient (Wildman–Crippen LogP) is 6.11. The summed E-state index contributed by atoms with van der Waals surface area (Å²) in [5.41, 5.74) is 3.02. The topological polar surface area (TPSA) is 15.6 Å². The molecule has 1 aliphatic rings. The highest BCUT2D eigenvalue weighted by molar-refractivity contribution is 5.84. The molecule has 1 atom stereocenters. The van der Waals surface area contributed by atoms with Crippen LogP contribution in [0.3, 0.4) is 0 Å². The molecule has 0 saturated heterocycles. The van der Waals surface area contributed by atoms with Crippen molar-refractivity contribution < 1.29 is 0 Å². The highest BCUT2D eigenvalue weighted by Gasteiger charge is 2.50. The van der Waals surface area contributed by atoms with Gasteiger partial charge < -0.3 is 4.90 Å². The third kappa shape index (κ3) is 3.09. The van der Waals surface area contributed by atoms with E-state index in [-0.39, 0.29) is 16.5 Å². The van der Waals surface area contributed by atoms with Gasteiger partial charge in [-0.05, 0) is 31.7 Å². The normalized spacial score (nSPS) is 20.8. The first-order valence-corrected chi connectivity index (χ1v) is 9.34. The zero-order chi connectivity index (χ0) is 19.0. The number of hydrogen-bond donors (Lipinski definition) is 0. The number of rotatable bonds is 2. The average Bonchev–Trinajstić information content (AvgIpc) is 2.61.